The lowest BCUT2D eigenvalue weighted by atomic mass is 10.1. The minimum atomic E-state index is -0.886. The topological polar surface area (TPSA) is 112 Å². The number of esters is 1. The number of anilines is 1. The molecular weight excluding hydrogens is 456 g/mol. The van der Waals surface area contributed by atoms with Crippen LogP contribution in [0.1, 0.15) is 37.0 Å². The zero-order valence-electron chi connectivity index (χ0n) is 19.7. The minimum Gasteiger partial charge on any atom is -0.465 e. The minimum absolute atomic E-state index is 0.0106. The van der Waals surface area contributed by atoms with E-state index in [0.29, 0.717) is 51.4 Å². The molecule has 2 heterocycles. The summed E-state index contributed by atoms with van der Waals surface area (Å²) in [7, 11) is 0. The van der Waals surface area contributed by atoms with E-state index in [9.17, 15) is 19.6 Å². The number of carbonyl (C=O) groups excluding carboxylic acids is 3. The van der Waals surface area contributed by atoms with Crippen LogP contribution in [0.25, 0.3) is 0 Å². The maximum atomic E-state index is 12.9. The Balaban J connectivity index is 1.54. The number of nitrogens with one attached hydrogen (secondary N) is 1. The van der Waals surface area contributed by atoms with Gasteiger partial charge in [-0.3, -0.25) is 14.4 Å². The summed E-state index contributed by atoms with van der Waals surface area (Å²) in [6.07, 6.45) is 0.851. The zero-order chi connectivity index (χ0) is 24.5. The second-order valence-electron chi connectivity index (χ2n) is 8.07. The monoisotopic (exact) mass is 488 g/mol. The van der Waals surface area contributed by atoms with Crippen LogP contribution in [0.4, 0.5) is 5.69 Å². The van der Waals surface area contributed by atoms with E-state index in [1.165, 1.54) is 11.8 Å². The third-order valence-corrected chi connectivity index (χ3v) is 7.40. The first-order valence-corrected chi connectivity index (χ1v) is 12.7. The van der Waals surface area contributed by atoms with E-state index >= 15 is 0 Å². The normalized spacial score (nSPS) is 21.1. The third kappa shape index (κ3) is 6.42. The van der Waals surface area contributed by atoms with Crippen molar-refractivity contribution in [1.82, 2.24) is 9.80 Å². The number of hydrogen-bond acceptors (Lipinski definition) is 8. The molecule has 2 aliphatic rings. The molecule has 34 heavy (non-hydrogen) atoms. The highest BCUT2D eigenvalue weighted by Gasteiger charge is 2.41. The van der Waals surface area contributed by atoms with Gasteiger partial charge in [-0.25, -0.2) is 0 Å². The van der Waals surface area contributed by atoms with Crippen LogP contribution in [0, 0.1) is 17.2 Å². The Kier molecular flexibility index (Phi) is 9.60. The van der Waals surface area contributed by atoms with Gasteiger partial charge in [-0.2, -0.15) is 5.26 Å². The molecule has 1 aromatic carbocycles. The van der Waals surface area contributed by atoms with E-state index in [-0.39, 0.29) is 35.5 Å². The predicted molar refractivity (Wildman–Crippen MR) is 129 cm³/mol. The molecule has 2 aliphatic heterocycles. The van der Waals surface area contributed by atoms with Crippen molar-refractivity contribution in [2.75, 3.05) is 51.3 Å². The van der Waals surface area contributed by atoms with Crippen LogP contribution in [-0.4, -0.2) is 84.2 Å². The Morgan fingerprint density at radius 1 is 1.32 bits per heavy atom. The van der Waals surface area contributed by atoms with Crippen molar-refractivity contribution >= 4 is 35.2 Å². The first-order chi connectivity index (χ1) is 16.5. The van der Waals surface area contributed by atoms with Gasteiger partial charge in [0.25, 0.3) is 5.91 Å². The highest BCUT2D eigenvalue weighted by molar-refractivity contribution is 8.01. The van der Waals surface area contributed by atoms with E-state index in [2.05, 4.69) is 5.32 Å². The summed E-state index contributed by atoms with van der Waals surface area (Å²) in [6, 6.07) is 9.40. The van der Waals surface area contributed by atoms with Crippen molar-refractivity contribution in [2.24, 2.45) is 5.92 Å². The number of ether oxygens (including phenoxy) is 2. The fraction of sp³-hybridized carbons (Fsp3) is 0.583. The number of hydrogen-bond donors (Lipinski definition) is 1. The number of nitriles is 1. The van der Waals surface area contributed by atoms with Crippen LogP contribution in [0.15, 0.2) is 24.3 Å². The standard InChI is InChI=1S/C24H32N4O5S/c1-3-28-21(15-18(16-25)24(31)33-4-2)34-20(23(28)30)8-9-26-19-7-5-6-17(14-19)22(29)27-10-12-32-13-11-27/h5-7,14,18,20-21,26H,3-4,8-13,15H2,1-2H3. The smallest absolute Gasteiger partial charge is 0.323 e. The number of amides is 2. The Hall–Kier alpha value is -2.77. The summed E-state index contributed by atoms with van der Waals surface area (Å²) >= 11 is 1.50. The predicted octanol–water partition coefficient (Wildman–Crippen LogP) is 2.34. The van der Waals surface area contributed by atoms with E-state index in [0.717, 1.165) is 5.69 Å². The quantitative estimate of drug-likeness (QED) is 0.500. The average Bonchev–Trinajstić information content (AvgIpc) is 3.16. The summed E-state index contributed by atoms with van der Waals surface area (Å²) in [4.78, 5) is 41.2. The molecule has 2 amide bonds. The van der Waals surface area contributed by atoms with Gasteiger partial charge in [-0.15, -0.1) is 11.8 Å². The molecule has 184 valence electrons. The molecule has 10 heteroatoms. The molecule has 0 radical (unpaired) electrons. The van der Waals surface area contributed by atoms with Crippen LogP contribution >= 0.6 is 11.8 Å². The number of thioether (sulfide) groups is 1. The van der Waals surface area contributed by atoms with Gasteiger partial charge in [0.05, 0.1) is 36.5 Å². The van der Waals surface area contributed by atoms with Crippen molar-refractivity contribution in [2.45, 2.75) is 37.3 Å². The van der Waals surface area contributed by atoms with Crippen LogP contribution in [0.3, 0.4) is 0 Å². The molecule has 1 aromatic rings. The summed E-state index contributed by atoms with van der Waals surface area (Å²) in [5.74, 6) is -1.41. The average molecular weight is 489 g/mol. The molecule has 0 bridgehead atoms. The van der Waals surface area contributed by atoms with Crippen molar-refractivity contribution in [3.8, 4) is 6.07 Å². The second kappa shape index (κ2) is 12.6. The molecule has 1 N–H and O–H groups in total. The molecule has 3 rings (SSSR count). The van der Waals surface area contributed by atoms with Crippen molar-refractivity contribution in [3.05, 3.63) is 29.8 Å². The summed E-state index contributed by atoms with van der Waals surface area (Å²) in [5.41, 5.74) is 1.45. The molecule has 0 aliphatic carbocycles. The number of carbonyl (C=O) groups is 3. The van der Waals surface area contributed by atoms with E-state index < -0.39 is 11.9 Å². The van der Waals surface area contributed by atoms with Gasteiger partial charge in [-0.1, -0.05) is 6.07 Å². The molecule has 2 saturated heterocycles. The zero-order valence-corrected chi connectivity index (χ0v) is 20.5. The summed E-state index contributed by atoms with van der Waals surface area (Å²) in [5, 5.41) is 12.2. The Morgan fingerprint density at radius 2 is 2.09 bits per heavy atom. The van der Waals surface area contributed by atoms with Gasteiger partial charge >= 0.3 is 5.97 Å². The van der Waals surface area contributed by atoms with Crippen LogP contribution < -0.4 is 5.32 Å². The van der Waals surface area contributed by atoms with Crippen LogP contribution in [0.2, 0.25) is 0 Å². The first-order valence-electron chi connectivity index (χ1n) is 11.7. The number of rotatable bonds is 10. The molecule has 0 aromatic heterocycles. The Bertz CT molecular complexity index is 915. The molecule has 2 fully saturated rings. The molecule has 9 nitrogen and oxygen atoms in total. The lowest BCUT2D eigenvalue weighted by Gasteiger charge is -2.27. The molecular formula is C24H32N4O5S. The molecule has 0 spiro atoms. The molecule has 3 unspecified atom stereocenters. The van der Waals surface area contributed by atoms with Gasteiger partial charge in [0.2, 0.25) is 5.91 Å². The van der Waals surface area contributed by atoms with Gasteiger partial charge in [-0.05, 0) is 38.5 Å². The molecule has 0 saturated carbocycles. The maximum absolute atomic E-state index is 12.9. The highest BCUT2D eigenvalue weighted by Crippen LogP contribution is 2.37. The SMILES string of the molecule is CCOC(=O)C(C#N)CC1SC(CCNc2cccc(C(=O)N3CCOCC3)c2)C(=O)N1CC. The van der Waals surface area contributed by atoms with E-state index in [1.54, 1.807) is 22.8 Å². The van der Waals surface area contributed by atoms with Crippen molar-refractivity contribution in [1.29, 1.82) is 5.26 Å². The maximum Gasteiger partial charge on any atom is 0.323 e. The van der Waals surface area contributed by atoms with Gasteiger partial charge < -0.3 is 24.6 Å². The fourth-order valence-corrected chi connectivity index (χ4v) is 5.68. The lowest BCUT2D eigenvalue weighted by molar-refractivity contribution is -0.146. The highest BCUT2D eigenvalue weighted by atomic mass is 32.2. The Labute approximate surface area is 204 Å². The van der Waals surface area contributed by atoms with Crippen molar-refractivity contribution < 1.29 is 23.9 Å². The van der Waals surface area contributed by atoms with Crippen LogP contribution in [-0.2, 0) is 19.1 Å². The fourth-order valence-electron chi connectivity index (χ4n) is 4.09. The molecule has 3 atom stereocenters. The van der Waals surface area contributed by atoms with Gasteiger partial charge in [0.15, 0.2) is 0 Å². The van der Waals surface area contributed by atoms with E-state index in [1.807, 2.05) is 31.2 Å². The third-order valence-electron chi connectivity index (χ3n) is 5.88. The largest absolute Gasteiger partial charge is 0.465 e. The summed E-state index contributed by atoms with van der Waals surface area (Å²) in [6.45, 7) is 7.20. The van der Waals surface area contributed by atoms with Gasteiger partial charge in [0, 0.05) is 43.9 Å². The van der Waals surface area contributed by atoms with E-state index in [4.69, 9.17) is 9.47 Å². The summed E-state index contributed by atoms with van der Waals surface area (Å²) < 4.78 is 10.3. The van der Waals surface area contributed by atoms with Crippen LogP contribution in [0.5, 0.6) is 0 Å². The number of morpholine rings is 1. The van der Waals surface area contributed by atoms with Crippen molar-refractivity contribution in [3.63, 3.8) is 0 Å². The lowest BCUT2D eigenvalue weighted by Crippen LogP contribution is -2.40. The first kappa shape index (κ1) is 25.8. The number of nitrogens with zero attached hydrogens (tertiary/aromatic N) is 3. The Morgan fingerprint density at radius 3 is 2.76 bits per heavy atom. The number of benzene rings is 1. The van der Waals surface area contributed by atoms with Gasteiger partial charge in [0.1, 0.15) is 5.92 Å². The second-order valence-corrected chi connectivity index (χ2v) is 9.46.